The number of esters is 1. The molecule has 9 heteroatoms. The number of hydrogen-bond acceptors (Lipinski definition) is 7. The monoisotopic (exact) mass is 724 g/mol. The van der Waals surface area contributed by atoms with Crippen LogP contribution in [0.5, 0.6) is 0 Å². The molecule has 0 amide bonds. The van der Waals surface area contributed by atoms with Gasteiger partial charge < -0.3 is 27.9 Å². The van der Waals surface area contributed by atoms with E-state index >= 15 is 0 Å². The molecule has 1 fully saturated rings. The van der Waals surface area contributed by atoms with Crippen LogP contribution in [-0.2, 0) is 32.7 Å². The Morgan fingerprint density at radius 3 is 1.88 bits per heavy atom. The summed E-state index contributed by atoms with van der Waals surface area (Å²) in [5.41, 5.74) is 0.239. The van der Waals surface area contributed by atoms with Crippen LogP contribution in [0.2, 0.25) is 23.2 Å². The van der Waals surface area contributed by atoms with Gasteiger partial charge in [-0.2, -0.15) is 0 Å². The van der Waals surface area contributed by atoms with Gasteiger partial charge in [-0.05, 0) is 53.0 Å². The molecule has 0 saturated carbocycles. The number of hydrogen-bond donors (Lipinski definition) is 0. The minimum Gasteiger partial charge on any atom is -0.462 e. The molecule has 0 radical (unpaired) electrons. The van der Waals surface area contributed by atoms with E-state index in [0.717, 1.165) is 40.4 Å². The Labute approximate surface area is 304 Å². The van der Waals surface area contributed by atoms with E-state index in [0.29, 0.717) is 6.42 Å². The Bertz CT molecular complexity index is 1350. The van der Waals surface area contributed by atoms with Gasteiger partial charge in [0.1, 0.15) is 6.29 Å². The Hall–Kier alpha value is -2.41. The third-order valence-corrected chi connectivity index (χ3v) is 20.6. The van der Waals surface area contributed by atoms with Gasteiger partial charge in [0.15, 0.2) is 8.32 Å². The molecule has 0 N–H and O–H groups in total. The summed E-state index contributed by atoms with van der Waals surface area (Å²) in [4.78, 5) is 26.2. The predicted molar refractivity (Wildman–Crippen MR) is 208 cm³/mol. The summed E-state index contributed by atoms with van der Waals surface area (Å²) < 4.78 is 32.9. The quantitative estimate of drug-likeness (QED) is 0.0704. The Balaban J connectivity index is 2.16. The molecule has 2 aromatic carbocycles. The van der Waals surface area contributed by atoms with Gasteiger partial charge in [0, 0.05) is 31.3 Å². The lowest BCUT2D eigenvalue weighted by atomic mass is 9.80. The molecule has 278 valence electrons. The van der Waals surface area contributed by atoms with Gasteiger partial charge in [-0.15, -0.1) is 0 Å². The van der Waals surface area contributed by atoms with Crippen LogP contribution in [-0.4, -0.2) is 66.7 Å². The average Bonchev–Trinajstić information content (AvgIpc) is 3.11. The molecule has 3 rings (SSSR count). The molecule has 1 aliphatic rings. The lowest BCUT2D eigenvalue weighted by Gasteiger charge is -2.49. The number of benzene rings is 2. The van der Waals surface area contributed by atoms with Crippen molar-refractivity contribution in [2.24, 2.45) is 11.3 Å². The van der Waals surface area contributed by atoms with Gasteiger partial charge in [-0.3, -0.25) is 0 Å². The highest BCUT2D eigenvalue weighted by Crippen LogP contribution is 2.43. The van der Waals surface area contributed by atoms with Crippen LogP contribution in [0.4, 0.5) is 0 Å². The highest BCUT2D eigenvalue weighted by Gasteiger charge is 2.56. The van der Waals surface area contributed by atoms with E-state index in [4.69, 9.17) is 23.1 Å². The Morgan fingerprint density at radius 2 is 1.46 bits per heavy atom. The SMILES string of the molecule is CCOC(=O)[C@@]1(OC)C[C@@H](O[Si](c2ccccc2)(c2ccccc2)C(C)(C)C)C[C@@H](/C(C)=C/[C@H](C)[C@@H](O[Si](CC)(CC)CC)C(C)(C)C=O)O1. The van der Waals surface area contributed by atoms with Crippen molar-refractivity contribution in [3.8, 4) is 0 Å². The molecule has 50 heavy (non-hydrogen) atoms. The molecule has 0 bridgehead atoms. The summed E-state index contributed by atoms with van der Waals surface area (Å²) in [6, 6.07) is 24.0. The third kappa shape index (κ3) is 8.96. The van der Waals surface area contributed by atoms with Crippen LogP contribution in [0.15, 0.2) is 72.3 Å². The highest BCUT2D eigenvalue weighted by molar-refractivity contribution is 6.99. The first-order valence-electron chi connectivity index (χ1n) is 18.6. The first-order chi connectivity index (χ1) is 23.5. The third-order valence-electron chi connectivity index (χ3n) is 10.8. The average molecular weight is 725 g/mol. The zero-order valence-electron chi connectivity index (χ0n) is 32.8. The normalized spacial score (nSPS) is 22.1. The van der Waals surface area contributed by atoms with Crippen LogP contribution in [0, 0.1) is 11.3 Å². The van der Waals surface area contributed by atoms with Crippen LogP contribution in [0.25, 0.3) is 0 Å². The minimum absolute atomic E-state index is 0.104. The van der Waals surface area contributed by atoms with Crippen molar-refractivity contribution < 1.29 is 32.7 Å². The fourth-order valence-electron chi connectivity index (χ4n) is 7.73. The molecule has 1 heterocycles. The second-order valence-electron chi connectivity index (χ2n) is 15.6. The van der Waals surface area contributed by atoms with Crippen LogP contribution in [0.1, 0.15) is 89.0 Å². The first kappa shape index (κ1) is 42.0. The molecule has 5 atom stereocenters. The van der Waals surface area contributed by atoms with Gasteiger partial charge in [0.05, 0.1) is 24.9 Å². The number of rotatable bonds is 17. The molecular formula is C41H64O7Si2. The maximum Gasteiger partial charge on any atom is 0.366 e. The van der Waals surface area contributed by atoms with Crippen molar-refractivity contribution in [1.29, 1.82) is 0 Å². The molecule has 0 spiro atoms. The van der Waals surface area contributed by atoms with Crippen molar-refractivity contribution in [3.05, 3.63) is 72.3 Å². The number of ether oxygens (including phenoxy) is 3. The predicted octanol–water partition coefficient (Wildman–Crippen LogP) is 8.21. The van der Waals surface area contributed by atoms with Gasteiger partial charge >= 0.3 is 5.97 Å². The fraction of sp³-hybridized carbons (Fsp3) is 0.610. The number of aldehydes is 1. The Morgan fingerprint density at radius 1 is 0.940 bits per heavy atom. The lowest BCUT2D eigenvalue weighted by Crippen LogP contribution is -2.69. The molecule has 2 aromatic rings. The van der Waals surface area contributed by atoms with E-state index in [1.165, 1.54) is 7.11 Å². The summed E-state index contributed by atoms with van der Waals surface area (Å²) in [5, 5.41) is 2.06. The molecule has 1 saturated heterocycles. The number of carbonyl (C=O) groups excluding carboxylic acids is 2. The first-order valence-corrected chi connectivity index (χ1v) is 23.0. The Kier molecular flexibility index (Phi) is 14.6. The zero-order chi connectivity index (χ0) is 37.4. The van der Waals surface area contributed by atoms with Gasteiger partial charge in [-0.1, -0.05) is 129 Å². The van der Waals surface area contributed by atoms with Gasteiger partial charge in [0.2, 0.25) is 0 Å². The summed E-state index contributed by atoms with van der Waals surface area (Å²) >= 11 is 0. The summed E-state index contributed by atoms with van der Waals surface area (Å²) in [7, 11) is -3.53. The second-order valence-corrected chi connectivity index (χ2v) is 24.6. The lowest BCUT2D eigenvalue weighted by molar-refractivity contribution is -0.276. The largest absolute Gasteiger partial charge is 0.462 e. The zero-order valence-corrected chi connectivity index (χ0v) is 34.8. The van der Waals surface area contributed by atoms with Crippen LogP contribution in [0.3, 0.4) is 0 Å². The second kappa shape index (κ2) is 17.4. The maximum atomic E-state index is 13.7. The van der Waals surface area contributed by atoms with Crippen molar-refractivity contribution >= 4 is 39.3 Å². The van der Waals surface area contributed by atoms with Gasteiger partial charge in [0.25, 0.3) is 14.1 Å². The molecule has 7 nitrogen and oxygen atoms in total. The summed E-state index contributed by atoms with van der Waals surface area (Å²) in [6.45, 7) is 23.4. The number of methoxy groups -OCH3 is 1. The molecule has 1 aliphatic heterocycles. The fourth-order valence-corrected chi connectivity index (χ4v) is 15.5. The van der Waals surface area contributed by atoms with Crippen molar-refractivity contribution in [2.75, 3.05) is 13.7 Å². The molecule has 0 unspecified atom stereocenters. The van der Waals surface area contributed by atoms with E-state index < -0.39 is 46.0 Å². The van der Waals surface area contributed by atoms with Crippen LogP contribution >= 0.6 is 0 Å². The standard InChI is InChI=1S/C41H64O7Si2/c1-13-45-38(43)41(44-12)29-33(47-50(39(7,8)9,34-23-19-17-20-24-34)35-25-21-18-22-26-35)28-36(46-41)31(5)27-32(6)37(40(10,11)30-42)48-49(14-2,15-3)16-4/h17-27,30,32-33,36-37H,13-16,28-29H2,1-12H3/b31-27+/t32-,33-,36-,37+,41+/m0/s1. The summed E-state index contributed by atoms with van der Waals surface area (Å²) in [5.74, 6) is -2.31. The molecule has 0 aliphatic carbocycles. The topological polar surface area (TPSA) is 80.3 Å². The van der Waals surface area contributed by atoms with Crippen molar-refractivity contribution in [3.63, 3.8) is 0 Å². The smallest absolute Gasteiger partial charge is 0.366 e. The number of carbonyl (C=O) groups is 2. The van der Waals surface area contributed by atoms with E-state index in [1.54, 1.807) is 6.92 Å². The van der Waals surface area contributed by atoms with E-state index in [9.17, 15) is 9.59 Å². The van der Waals surface area contributed by atoms with E-state index in [2.05, 4.69) is 103 Å². The van der Waals surface area contributed by atoms with Gasteiger partial charge in [-0.25, -0.2) is 4.79 Å². The molecule has 0 aromatic heterocycles. The summed E-state index contributed by atoms with van der Waals surface area (Å²) in [6.07, 6.45) is 2.67. The maximum absolute atomic E-state index is 13.7. The molecular weight excluding hydrogens is 661 g/mol. The van der Waals surface area contributed by atoms with Crippen LogP contribution < -0.4 is 10.4 Å². The highest BCUT2D eigenvalue weighted by atomic mass is 28.4. The van der Waals surface area contributed by atoms with E-state index in [1.807, 2.05) is 32.9 Å². The van der Waals surface area contributed by atoms with E-state index in [-0.39, 0.29) is 30.1 Å². The minimum atomic E-state index is -2.99. The van der Waals surface area contributed by atoms with Crippen molar-refractivity contribution in [2.45, 2.75) is 136 Å². The van der Waals surface area contributed by atoms with Crippen molar-refractivity contribution in [1.82, 2.24) is 0 Å².